The molecule has 0 aromatic carbocycles. The summed E-state index contributed by atoms with van der Waals surface area (Å²) in [5, 5.41) is -0.00118. The molecule has 1 aromatic rings. The Morgan fingerprint density at radius 1 is 1.46 bits per heavy atom. The molecule has 1 heterocycles. The fraction of sp³-hybridized carbons (Fsp3) is 0.286. The third-order valence-electron chi connectivity index (χ3n) is 1.36. The lowest BCUT2D eigenvalue weighted by Crippen LogP contribution is -2.01. The van der Waals surface area contributed by atoms with Gasteiger partial charge < -0.3 is 4.74 Å². The van der Waals surface area contributed by atoms with Crippen molar-refractivity contribution in [3.8, 4) is 5.75 Å². The van der Waals surface area contributed by atoms with Gasteiger partial charge in [0.2, 0.25) is 0 Å². The largest absolute Gasteiger partial charge is 0.497 e. The van der Waals surface area contributed by atoms with Crippen molar-refractivity contribution >= 4 is 25.8 Å². The van der Waals surface area contributed by atoms with Crippen molar-refractivity contribution in [3.05, 3.63) is 16.7 Å². The summed E-state index contributed by atoms with van der Waals surface area (Å²) in [7, 11) is -1.81. The van der Waals surface area contributed by atoms with Crippen molar-refractivity contribution in [1.29, 1.82) is 0 Å². The first-order valence-electron chi connectivity index (χ1n) is 3.35. The highest BCUT2D eigenvalue weighted by Gasteiger charge is 2.11. The van der Waals surface area contributed by atoms with Gasteiger partial charge in [0.25, 0.3) is 0 Å². The Labute approximate surface area is 85.0 Å². The van der Waals surface area contributed by atoms with E-state index < -0.39 is 9.84 Å². The molecule has 0 amide bonds. The lowest BCUT2D eigenvalue weighted by Gasteiger charge is -2.02. The van der Waals surface area contributed by atoms with E-state index in [0.717, 1.165) is 6.26 Å². The predicted octanol–water partition coefficient (Wildman–Crippen LogP) is 1.26. The van der Waals surface area contributed by atoms with Crippen LogP contribution in [0.3, 0.4) is 0 Å². The van der Waals surface area contributed by atoms with Crippen LogP contribution in [0, 0.1) is 0 Å². The van der Waals surface area contributed by atoms with Crippen LogP contribution in [0.15, 0.2) is 21.8 Å². The lowest BCUT2D eigenvalue weighted by molar-refractivity contribution is 0.412. The molecule has 0 bridgehead atoms. The van der Waals surface area contributed by atoms with E-state index in [1.165, 1.54) is 13.2 Å². The summed E-state index contributed by atoms with van der Waals surface area (Å²) in [6, 6.07) is 2.97. The Morgan fingerprint density at radius 2 is 2.08 bits per heavy atom. The van der Waals surface area contributed by atoms with Crippen LogP contribution in [0.25, 0.3) is 0 Å². The number of ether oxygens (including phenoxy) is 1. The highest BCUT2D eigenvalue weighted by molar-refractivity contribution is 9.10. The second-order valence-electron chi connectivity index (χ2n) is 2.44. The molecule has 0 saturated heterocycles. The van der Waals surface area contributed by atoms with Crippen molar-refractivity contribution in [3.63, 3.8) is 0 Å². The Kier molecular flexibility index (Phi) is 2.92. The van der Waals surface area contributed by atoms with Gasteiger partial charge in [0.05, 0.1) is 7.11 Å². The molecule has 0 unspecified atom stereocenters. The Bertz CT molecular complexity index is 416. The van der Waals surface area contributed by atoms with Gasteiger partial charge in [-0.05, 0) is 15.9 Å². The molecule has 0 aliphatic heterocycles. The van der Waals surface area contributed by atoms with Crippen molar-refractivity contribution in [2.75, 3.05) is 13.4 Å². The standard InChI is InChI=1S/C7H8BrNO3S/c1-12-5-3-6(8)9-7(4-5)13(2,10)11/h3-4H,1-2H3. The van der Waals surface area contributed by atoms with Crippen molar-refractivity contribution in [2.24, 2.45) is 0 Å². The zero-order valence-corrected chi connectivity index (χ0v) is 9.52. The minimum Gasteiger partial charge on any atom is -0.497 e. The molecule has 4 nitrogen and oxygen atoms in total. The summed E-state index contributed by atoms with van der Waals surface area (Å²) in [6.07, 6.45) is 1.10. The van der Waals surface area contributed by atoms with Crippen molar-refractivity contribution in [1.82, 2.24) is 4.98 Å². The first-order chi connectivity index (χ1) is 5.93. The topological polar surface area (TPSA) is 56.3 Å². The second-order valence-corrected chi connectivity index (χ2v) is 5.22. The van der Waals surface area contributed by atoms with Crippen LogP contribution >= 0.6 is 15.9 Å². The first kappa shape index (κ1) is 10.5. The van der Waals surface area contributed by atoms with Crippen molar-refractivity contribution in [2.45, 2.75) is 5.03 Å². The minimum atomic E-state index is -3.28. The number of nitrogens with zero attached hydrogens (tertiary/aromatic N) is 1. The molecule has 6 heteroatoms. The number of methoxy groups -OCH3 is 1. The molecule has 0 aliphatic rings. The average Bonchev–Trinajstić information content (AvgIpc) is 2.01. The monoisotopic (exact) mass is 265 g/mol. The smallest absolute Gasteiger partial charge is 0.192 e. The number of hydrogen-bond donors (Lipinski definition) is 0. The molecular weight excluding hydrogens is 258 g/mol. The molecule has 0 fully saturated rings. The zero-order valence-electron chi connectivity index (χ0n) is 7.11. The number of rotatable bonds is 2. The van der Waals surface area contributed by atoms with Gasteiger partial charge >= 0.3 is 0 Å². The third-order valence-corrected chi connectivity index (χ3v) is 2.73. The highest BCUT2D eigenvalue weighted by Crippen LogP contribution is 2.20. The van der Waals surface area contributed by atoms with Crippen LogP contribution in [0.1, 0.15) is 0 Å². The van der Waals surface area contributed by atoms with Crippen LogP contribution in [0.4, 0.5) is 0 Å². The van der Waals surface area contributed by atoms with Crippen LogP contribution in [0.5, 0.6) is 5.75 Å². The molecule has 0 radical (unpaired) electrons. The predicted molar refractivity (Wildman–Crippen MR) is 51.6 cm³/mol. The second kappa shape index (κ2) is 3.63. The van der Waals surface area contributed by atoms with E-state index in [-0.39, 0.29) is 5.03 Å². The summed E-state index contributed by atoms with van der Waals surface area (Å²) >= 11 is 3.09. The maximum Gasteiger partial charge on any atom is 0.192 e. The summed E-state index contributed by atoms with van der Waals surface area (Å²) in [4.78, 5) is 3.80. The molecule has 0 N–H and O–H groups in total. The fourth-order valence-electron chi connectivity index (χ4n) is 0.758. The molecule has 0 saturated carbocycles. The Hall–Kier alpha value is -0.620. The van der Waals surface area contributed by atoms with E-state index >= 15 is 0 Å². The van der Waals surface area contributed by atoms with Crippen LogP contribution < -0.4 is 4.74 Å². The third kappa shape index (κ3) is 2.67. The van der Waals surface area contributed by atoms with Gasteiger partial charge in [-0.1, -0.05) is 0 Å². The van der Waals surface area contributed by atoms with Gasteiger partial charge in [-0.15, -0.1) is 0 Å². The quantitative estimate of drug-likeness (QED) is 0.756. The highest BCUT2D eigenvalue weighted by atomic mass is 79.9. The van der Waals surface area contributed by atoms with Crippen LogP contribution in [-0.4, -0.2) is 26.8 Å². The summed E-state index contributed by atoms with van der Waals surface area (Å²) in [5.41, 5.74) is 0. The molecule has 1 aromatic heterocycles. The van der Waals surface area contributed by atoms with E-state index in [2.05, 4.69) is 20.9 Å². The van der Waals surface area contributed by atoms with E-state index in [4.69, 9.17) is 4.74 Å². The van der Waals surface area contributed by atoms with Gasteiger partial charge in [-0.25, -0.2) is 13.4 Å². The van der Waals surface area contributed by atoms with Gasteiger partial charge in [0, 0.05) is 18.4 Å². The zero-order chi connectivity index (χ0) is 10.1. The Morgan fingerprint density at radius 3 is 2.54 bits per heavy atom. The molecule has 0 aliphatic carbocycles. The summed E-state index contributed by atoms with van der Waals surface area (Å²) < 4.78 is 27.6. The lowest BCUT2D eigenvalue weighted by atomic mass is 10.5. The first-order valence-corrected chi connectivity index (χ1v) is 6.03. The number of sulfone groups is 1. The SMILES string of the molecule is COc1cc(Br)nc(S(C)(=O)=O)c1. The average molecular weight is 266 g/mol. The van der Waals surface area contributed by atoms with E-state index in [9.17, 15) is 8.42 Å². The van der Waals surface area contributed by atoms with Gasteiger partial charge in [-0.3, -0.25) is 0 Å². The van der Waals surface area contributed by atoms with Gasteiger partial charge in [0.1, 0.15) is 10.4 Å². The number of halogens is 1. The normalized spacial score (nSPS) is 11.3. The number of aromatic nitrogens is 1. The van der Waals surface area contributed by atoms with Gasteiger partial charge in [-0.2, -0.15) is 0 Å². The number of hydrogen-bond acceptors (Lipinski definition) is 4. The molecule has 72 valence electrons. The molecular formula is C7H8BrNO3S. The van der Waals surface area contributed by atoms with Gasteiger partial charge in [0.15, 0.2) is 14.9 Å². The molecule has 13 heavy (non-hydrogen) atoms. The summed E-state index contributed by atoms with van der Waals surface area (Å²) in [6.45, 7) is 0. The maximum absolute atomic E-state index is 11.1. The minimum absolute atomic E-state index is 0.00118. The van der Waals surface area contributed by atoms with Crippen molar-refractivity contribution < 1.29 is 13.2 Å². The van der Waals surface area contributed by atoms with Crippen LogP contribution in [-0.2, 0) is 9.84 Å². The number of pyridine rings is 1. The molecule has 0 spiro atoms. The van der Waals surface area contributed by atoms with E-state index in [0.29, 0.717) is 10.4 Å². The molecule has 0 atom stereocenters. The van der Waals surface area contributed by atoms with E-state index in [1.54, 1.807) is 6.07 Å². The molecule has 1 rings (SSSR count). The van der Waals surface area contributed by atoms with Crippen LogP contribution in [0.2, 0.25) is 0 Å². The van der Waals surface area contributed by atoms with E-state index in [1.807, 2.05) is 0 Å². The fourth-order valence-corrected chi connectivity index (χ4v) is 1.89. The summed E-state index contributed by atoms with van der Waals surface area (Å²) in [5.74, 6) is 0.460. The Balaban J connectivity index is 3.33. The maximum atomic E-state index is 11.1.